The highest BCUT2D eigenvalue weighted by atomic mass is 19.4. The SMILES string of the molecule is CC1CN(C(=O)C(CNC(=O)OCC2c3ccccc3-c3ccccc32)C(F)(F)F)CC1C(=O)O. The van der Waals surface area contributed by atoms with Crippen LogP contribution in [0.25, 0.3) is 11.1 Å². The highest BCUT2D eigenvalue weighted by Crippen LogP contribution is 2.44. The topological polar surface area (TPSA) is 95.9 Å². The average molecular weight is 490 g/mol. The molecule has 10 heteroatoms. The number of ether oxygens (including phenoxy) is 1. The Morgan fingerprint density at radius 2 is 1.63 bits per heavy atom. The number of alkyl carbamates (subject to hydrolysis) is 1. The number of rotatable bonds is 6. The van der Waals surface area contributed by atoms with Gasteiger partial charge in [-0.2, -0.15) is 13.2 Å². The van der Waals surface area contributed by atoms with Crippen LogP contribution in [0.1, 0.15) is 24.0 Å². The molecular weight excluding hydrogens is 465 g/mol. The molecule has 4 rings (SSSR count). The molecule has 2 aliphatic rings. The van der Waals surface area contributed by atoms with E-state index in [1.165, 1.54) is 0 Å². The summed E-state index contributed by atoms with van der Waals surface area (Å²) < 4.78 is 46.2. The Kier molecular flexibility index (Phi) is 6.73. The predicted molar refractivity (Wildman–Crippen MR) is 119 cm³/mol. The zero-order valence-electron chi connectivity index (χ0n) is 18.9. The zero-order valence-corrected chi connectivity index (χ0v) is 18.9. The number of benzene rings is 2. The van der Waals surface area contributed by atoms with Crippen molar-refractivity contribution in [3.8, 4) is 11.1 Å². The molecule has 0 aromatic heterocycles. The first kappa shape index (κ1) is 24.6. The molecule has 1 aliphatic heterocycles. The Morgan fingerprint density at radius 1 is 1.06 bits per heavy atom. The summed E-state index contributed by atoms with van der Waals surface area (Å²) in [4.78, 5) is 37.0. The van der Waals surface area contributed by atoms with Crippen LogP contribution >= 0.6 is 0 Å². The summed E-state index contributed by atoms with van der Waals surface area (Å²) in [5, 5.41) is 11.3. The van der Waals surface area contributed by atoms with Crippen molar-refractivity contribution < 1.29 is 37.4 Å². The summed E-state index contributed by atoms with van der Waals surface area (Å²) in [5.74, 6) is -6.57. The van der Waals surface area contributed by atoms with Gasteiger partial charge in [-0.3, -0.25) is 9.59 Å². The number of likely N-dealkylation sites (tertiary alicyclic amines) is 1. The van der Waals surface area contributed by atoms with E-state index >= 15 is 0 Å². The van der Waals surface area contributed by atoms with Gasteiger partial charge < -0.3 is 20.1 Å². The van der Waals surface area contributed by atoms with Crippen LogP contribution in [0.3, 0.4) is 0 Å². The molecule has 1 fully saturated rings. The van der Waals surface area contributed by atoms with E-state index in [0.717, 1.165) is 27.2 Å². The van der Waals surface area contributed by atoms with Gasteiger partial charge in [0.15, 0.2) is 5.92 Å². The first-order valence-corrected chi connectivity index (χ1v) is 11.2. The number of fused-ring (bicyclic) bond motifs is 3. The molecular formula is C25H25F3N2O5. The Labute approximate surface area is 199 Å². The van der Waals surface area contributed by atoms with Crippen LogP contribution in [0.2, 0.25) is 0 Å². The Balaban J connectivity index is 1.38. The van der Waals surface area contributed by atoms with E-state index in [1.807, 2.05) is 48.5 Å². The third kappa shape index (κ3) is 4.96. The van der Waals surface area contributed by atoms with Gasteiger partial charge in [0.05, 0.1) is 5.92 Å². The molecule has 35 heavy (non-hydrogen) atoms. The molecule has 3 unspecified atom stereocenters. The maximum atomic E-state index is 13.6. The zero-order chi connectivity index (χ0) is 25.3. The second kappa shape index (κ2) is 9.59. The van der Waals surface area contributed by atoms with Gasteiger partial charge in [-0.15, -0.1) is 0 Å². The maximum Gasteiger partial charge on any atom is 0.407 e. The molecule has 186 valence electrons. The molecule has 1 saturated heterocycles. The molecule has 2 aromatic rings. The van der Waals surface area contributed by atoms with Crippen LogP contribution in [0.15, 0.2) is 48.5 Å². The average Bonchev–Trinajstić information content (AvgIpc) is 3.35. The Morgan fingerprint density at radius 3 is 2.14 bits per heavy atom. The van der Waals surface area contributed by atoms with Gasteiger partial charge in [0.25, 0.3) is 0 Å². The lowest BCUT2D eigenvalue weighted by molar-refractivity contribution is -0.187. The van der Waals surface area contributed by atoms with Gasteiger partial charge in [0.1, 0.15) is 6.61 Å². The number of amides is 2. The largest absolute Gasteiger partial charge is 0.481 e. The summed E-state index contributed by atoms with van der Waals surface area (Å²) in [6.45, 7) is 0.111. The van der Waals surface area contributed by atoms with Crippen molar-refractivity contribution >= 4 is 18.0 Å². The van der Waals surface area contributed by atoms with Crippen LogP contribution in [-0.4, -0.2) is 60.4 Å². The molecule has 0 bridgehead atoms. The van der Waals surface area contributed by atoms with Gasteiger partial charge in [0, 0.05) is 25.6 Å². The number of nitrogens with one attached hydrogen (secondary N) is 1. The highest BCUT2D eigenvalue weighted by molar-refractivity contribution is 5.82. The van der Waals surface area contributed by atoms with Crippen molar-refractivity contribution in [2.45, 2.75) is 19.0 Å². The number of hydrogen-bond donors (Lipinski definition) is 2. The summed E-state index contributed by atoms with van der Waals surface area (Å²) in [6.07, 6.45) is -5.98. The third-order valence-corrected chi connectivity index (χ3v) is 6.73. The number of carboxylic acids is 1. The van der Waals surface area contributed by atoms with Crippen molar-refractivity contribution in [1.82, 2.24) is 10.2 Å². The van der Waals surface area contributed by atoms with Gasteiger partial charge in [-0.05, 0) is 28.2 Å². The normalized spacial score (nSPS) is 20.2. The summed E-state index contributed by atoms with van der Waals surface area (Å²) in [6, 6.07) is 15.3. The summed E-state index contributed by atoms with van der Waals surface area (Å²) >= 11 is 0. The summed E-state index contributed by atoms with van der Waals surface area (Å²) in [7, 11) is 0. The van der Waals surface area contributed by atoms with Crippen LogP contribution in [0.4, 0.5) is 18.0 Å². The standard InChI is InChI=1S/C25H25F3N2O5/c1-14-11-30(12-19(14)23(32)33)22(31)21(25(26,27)28)10-29-24(34)35-13-20-17-8-4-2-6-15(17)16-7-3-5-9-18(16)20/h2-9,14,19-21H,10-13H2,1H3,(H,29,34)(H,32,33). The quantitative estimate of drug-likeness (QED) is 0.641. The van der Waals surface area contributed by atoms with E-state index in [2.05, 4.69) is 5.32 Å². The van der Waals surface area contributed by atoms with Crippen molar-refractivity contribution in [1.29, 1.82) is 0 Å². The number of halogens is 3. The van der Waals surface area contributed by atoms with E-state index in [1.54, 1.807) is 6.92 Å². The maximum absolute atomic E-state index is 13.6. The molecule has 2 aromatic carbocycles. The Bertz CT molecular complexity index is 1090. The molecule has 1 heterocycles. The fourth-order valence-corrected chi connectivity index (χ4v) is 4.87. The molecule has 1 aliphatic carbocycles. The number of aliphatic carboxylic acids is 1. The molecule has 2 amide bonds. The number of carbonyl (C=O) groups is 3. The molecule has 3 atom stereocenters. The lowest BCUT2D eigenvalue weighted by Crippen LogP contribution is -2.47. The van der Waals surface area contributed by atoms with E-state index < -0.39 is 48.4 Å². The van der Waals surface area contributed by atoms with Crippen LogP contribution < -0.4 is 5.32 Å². The number of nitrogens with zero attached hydrogens (tertiary/aromatic N) is 1. The first-order chi connectivity index (χ1) is 16.6. The minimum atomic E-state index is -4.92. The molecule has 0 spiro atoms. The number of carbonyl (C=O) groups excluding carboxylic acids is 2. The molecule has 2 N–H and O–H groups in total. The minimum Gasteiger partial charge on any atom is -0.481 e. The first-order valence-electron chi connectivity index (χ1n) is 11.2. The minimum absolute atomic E-state index is 0.0750. The van der Waals surface area contributed by atoms with Crippen molar-refractivity contribution in [2.24, 2.45) is 17.8 Å². The summed E-state index contributed by atoms with van der Waals surface area (Å²) in [5.41, 5.74) is 3.95. The van der Waals surface area contributed by atoms with E-state index in [0.29, 0.717) is 0 Å². The van der Waals surface area contributed by atoms with E-state index in [9.17, 15) is 32.7 Å². The highest BCUT2D eigenvalue weighted by Gasteiger charge is 2.49. The van der Waals surface area contributed by atoms with Crippen molar-refractivity contribution in [3.63, 3.8) is 0 Å². The number of hydrogen-bond acceptors (Lipinski definition) is 4. The monoisotopic (exact) mass is 490 g/mol. The second-order valence-electron chi connectivity index (χ2n) is 8.97. The number of carboxylic acid groups (broad SMARTS) is 1. The van der Waals surface area contributed by atoms with Crippen LogP contribution in [0.5, 0.6) is 0 Å². The second-order valence-corrected chi connectivity index (χ2v) is 8.97. The van der Waals surface area contributed by atoms with E-state index in [4.69, 9.17) is 4.74 Å². The van der Waals surface area contributed by atoms with Gasteiger partial charge in [-0.25, -0.2) is 4.79 Å². The van der Waals surface area contributed by atoms with Crippen molar-refractivity contribution in [2.75, 3.05) is 26.2 Å². The third-order valence-electron chi connectivity index (χ3n) is 6.73. The smallest absolute Gasteiger partial charge is 0.407 e. The van der Waals surface area contributed by atoms with Gasteiger partial charge in [0.2, 0.25) is 5.91 Å². The lowest BCUT2D eigenvalue weighted by atomic mass is 9.98. The van der Waals surface area contributed by atoms with Gasteiger partial charge >= 0.3 is 18.2 Å². The van der Waals surface area contributed by atoms with Gasteiger partial charge in [-0.1, -0.05) is 55.5 Å². The molecule has 0 saturated carbocycles. The van der Waals surface area contributed by atoms with Crippen molar-refractivity contribution in [3.05, 3.63) is 59.7 Å². The fourth-order valence-electron chi connectivity index (χ4n) is 4.87. The lowest BCUT2D eigenvalue weighted by Gasteiger charge is -2.25. The Hall–Kier alpha value is -3.56. The van der Waals surface area contributed by atoms with Crippen LogP contribution in [-0.2, 0) is 14.3 Å². The van der Waals surface area contributed by atoms with E-state index in [-0.39, 0.29) is 25.6 Å². The predicted octanol–water partition coefficient (Wildman–Crippen LogP) is 3.88. The fraction of sp³-hybridized carbons (Fsp3) is 0.400. The number of alkyl halides is 3. The van der Waals surface area contributed by atoms with Crippen LogP contribution in [0, 0.1) is 17.8 Å². The molecule has 0 radical (unpaired) electrons. The molecule has 7 nitrogen and oxygen atoms in total.